The Hall–Kier alpha value is -2.66. The average Bonchev–Trinajstić information content (AvgIpc) is 2.54. The number of hydrogen-bond donors (Lipinski definition) is 3. The lowest BCUT2D eigenvalue weighted by Crippen LogP contribution is -2.43. The first-order valence-corrected chi connectivity index (χ1v) is 7.21. The Morgan fingerprint density at radius 3 is 2.36 bits per heavy atom. The highest BCUT2D eigenvalue weighted by Crippen LogP contribution is 2.07. The van der Waals surface area contributed by atoms with Crippen molar-refractivity contribution in [2.24, 2.45) is 0 Å². The lowest BCUT2D eigenvalue weighted by atomic mass is 10.2. The summed E-state index contributed by atoms with van der Waals surface area (Å²) >= 11 is 5.10. The van der Waals surface area contributed by atoms with Crippen molar-refractivity contribution in [3.63, 3.8) is 0 Å². The molecule has 2 aromatic carbocycles. The first kappa shape index (κ1) is 15.7. The number of rotatable bonds is 3. The van der Waals surface area contributed by atoms with Crippen LogP contribution in [0, 0.1) is 6.92 Å². The third-order valence-corrected chi connectivity index (χ3v) is 3.04. The number of aryl methyl sites for hydroxylation is 1. The molecule has 22 heavy (non-hydrogen) atoms. The fourth-order valence-corrected chi connectivity index (χ4v) is 1.86. The van der Waals surface area contributed by atoms with Gasteiger partial charge in [0.05, 0.1) is 0 Å². The van der Waals surface area contributed by atoms with Gasteiger partial charge in [-0.1, -0.05) is 48.0 Å². The van der Waals surface area contributed by atoms with Gasteiger partial charge in [-0.2, -0.15) is 0 Å². The van der Waals surface area contributed by atoms with Crippen LogP contribution in [-0.4, -0.2) is 11.0 Å². The molecule has 0 bridgehead atoms. The molecular weight excluding hydrogens is 294 g/mol. The molecule has 0 aliphatic rings. The molecule has 3 N–H and O–H groups in total. The standard InChI is InChI=1S/C17H17N3OS/c1-13-7-10-15(11-8-13)18-17(22)20-19-16(21)12-9-14-5-3-2-4-6-14/h2-12H,1H3,(H,19,21)(H2,18,20,22)/b12-9+. The second kappa shape index (κ2) is 7.95. The smallest absolute Gasteiger partial charge is 0.262 e. The summed E-state index contributed by atoms with van der Waals surface area (Å²) in [4.78, 5) is 11.7. The number of nitrogens with one attached hydrogen (secondary N) is 3. The van der Waals surface area contributed by atoms with Crippen molar-refractivity contribution in [1.82, 2.24) is 10.9 Å². The van der Waals surface area contributed by atoms with E-state index in [2.05, 4.69) is 16.2 Å². The summed E-state index contributed by atoms with van der Waals surface area (Å²) in [5.74, 6) is -0.281. The summed E-state index contributed by atoms with van der Waals surface area (Å²) in [7, 11) is 0. The number of carbonyl (C=O) groups is 1. The summed E-state index contributed by atoms with van der Waals surface area (Å²) in [6.45, 7) is 2.01. The molecule has 1 amide bonds. The van der Waals surface area contributed by atoms with Crippen molar-refractivity contribution in [1.29, 1.82) is 0 Å². The number of hydrazine groups is 1. The van der Waals surface area contributed by atoms with E-state index < -0.39 is 0 Å². The highest BCUT2D eigenvalue weighted by atomic mass is 32.1. The Morgan fingerprint density at radius 1 is 1.00 bits per heavy atom. The molecule has 2 rings (SSSR count). The third kappa shape index (κ3) is 5.38. The van der Waals surface area contributed by atoms with Crippen molar-refractivity contribution in [2.45, 2.75) is 6.92 Å². The first-order chi connectivity index (χ1) is 10.6. The Morgan fingerprint density at radius 2 is 1.68 bits per heavy atom. The van der Waals surface area contributed by atoms with Gasteiger partial charge in [0.2, 0.25) is 0 Å². The van der Waals surface area contributed by atoms with Crippen molar-refractivity contribution in [3.8, 4) is 0 Å². The number of anilines is 1. The number of hydrogen-bond acceptors (Lipinski definition) is 2. The van der Waals surface area contributed by atoms with Gasteiger partial charge in [-0.25, -0.2) is 0 Å². The number of benzene rings is 2. The van der Waals surface area contributed by atoms with Crippen LogP contribution < -0.4 is 16.2 Å². The molecule has 0 aliphatic heterocycles. The highest BCUT2D eigenvalue weighted by molar-refractivity contribution is 7.80. The second-order valence-corrected chi connectivity index (χ2v) is 5.09. The SMILES string of the molecule is Cc1ccc(NC(=S)NNC(=O)/C=C/c2ccccc2)cc1. The van der Waals surface area contributed by atoms with Gasteiger partial charge in [-0.15, -0.1) is 0 Å². The molecule has 5 heteroatoms. The zero-order valence-electron chi connectivity index (χ0n) is 12.2. The summed E-state index contributed by atoms with van der Waals surface area (Å²) in [5, 5.41) is 3.30. The van der Waals surface area contributed by atoms with Gasteiger partial charge in [-0.3, -0.25) is 15.6 Å². The fraction of sp³-hybridized carbons (Fsp3) is 0.0588. The van der Waals surface area contributed by atoms with E-state index in [0.717, 1.165) is 11.3 Å². The minimum Gasteiger partial charge on any atom is -0.331 e. The number of carbonyl (C=O) groups excluding carboxylic acids is 1. The molecule has 0 unspecified atom stereocenters. The van der Waals surface area contributed by atoms with Crippen molar-refractivity contribution < 1.29 is 4.79 Å². The van der Waals surface area contributed by atoms with Crippen LogP contribution in [0.1, 0.15) is 11.1 Å². The van der Waals surface area contributed by atoms with Crippen LogP contribution in [0.5, 0.6) is 0 Å². The Balaban J connectivity index is 1.77. The van der Waals surface area contributed by atoms with E-state index in [1.54, 1.807) is 6.08 Å². The second-order valence-electron chi connectivity index (χ2n) is 4.68. The van der Waals surface area contributed by atoms with Gasteiger partial charge < -0.3 is 5.32 Å². The van der Waals surface area contributed by atoms with Gasteiger partial charge >= 0.3 is 0 Å². The van der Waals surface area contributed by atoms with Gasteiger partial charge in [0.15, 0.2) is 5.11 Å². The third-order valence-electron chi connectivity index (χ3n) is 2.84. The van der Waals surface area contributed by atoms with Crippen LogP contribution in [0.15, 0.2) is 60.7 Å². The lowest BCUT2D eigenvalue weighted by molar-refractivity contribution is -0.116. The summed E-state index contributed by atoms with van der Waals surface area (Å²) in [6.07, 6.45) is 3.17. The van der Waals surface area contributed by atoms with E-state index in [1.165, 1.54) is 11.6 Å². The number of thiocarbonyl (C=S) groups is 1. The van der Waals surface area contributed by atoms with Crippen LogP contribution in [0.2, 0.25) is 0 Å². The van der Waals surface area contributed by atoms with Crippen LogP contribution >= 0.6 is 12.2 Å². The lowest BCUT2D eigenvalue weighted by Gasteiger charge is -2.10. The van der Waals surface area contributed by atoms with Crippen LogP contribution in [0.4, 0.5) is 5.69 Å². The molecule has 0 saturated carbocycles. The van der Waals surface area contributed by atoms with Crippen molar-refractivity contribution in [2.75, 3.05) is 5.32 Å². The quantitative estimate of drug-likeness (QED) is 0.463. The molecular formula is C17H17N3OS. The minimum atomic E-state index is -0.281. The molecule has 0 heterocycles. The monoisotopic (exact) mass is 311 g/mol. The Labute approximate surface area is 135 Å². The molecule has 0 spiro atoms. The Bertz CT molecular complexity index is 666. The first-order valence-electron chi connectivity index (χ1n) is 6.80. The van der Waals surface area contributed by atoms with Crippen LogP contribution in [0.3, 0.4) is 0 Å². The van der Waals surface area contributed by atoms with Gasteiger partial charge in [0.1, 0.15) is 0 Å². The predicted octanol–water partition coefficient (Wildman–Crippen LogP) is 3.03. The molecule has 4 nitrogen and oxygen atoms in total. The number of amides is 1. The molecule has 0 atom stereocenters. The molecule has 0 aliphatic carbocycles. The highest BCUT2D eigenvalue weighted by Gasteiger charge is 1.99. The van der Waals surface area contributed by atoms with Gasteiger partial charge in [0.25, 0.3) is 5.91 Å². The molecule has 0 radical (unpaired) electrons. The largest absolute Gasteiger partial charge is 0.331 e. The maximum Gasteiger partial charge on any atom is 0.262 e. The van der Waals surface area contributed by atoms with Gasteiger partial charge in [-0.05, 0) is 42.9 Å². The van der Waals surface area contributed by atoms with E-state index in [-0.39, 0.29) is 5.91 Å². The molecule has 0 fully saturated rings. The zero-order valence-corrected chi connectivity index (χ0v) is 13.0. The normalized spacial score (nSPS) is 10.2. The van der Waals surface area contributed by atoms with Gasteiger partial charge in [0, 0.05) is 11.8 Å². The zero-order chi connectivity index (χ0) is 15.8. The average molecular weight is 311 g/mol. The van der Waals surface area contributed by atoms with Crippen LogP contribution in [-0.2, 0) is 4.79 Å². The minimum absolute atomic E-state index is 0.281. The van der Waals surface area contributed by atoms with E-state index >= 15 is 0 Å². The van der Waals surface area contributed by atoms with Crippen molar-refractivity contribution in [3.05, 3.63) is 71.8 Å². The topological polar surface area (TPSA) is 53.2 Å². The molecule has 0 saturated heterocycles. The summed E-state index contributed by atoms with van der Waals surface area (Å²) in [5.41, 5.74) is 8.14. The summed E-state index contributed by atoms with van der Waals surface area (Å²) < 4.78 is 0. The van der Waals surface area contributed by atoms with E-state index in [4.69, 9.17) is 12.2 Å². The van der Waals surface area contributed by atoms with E-state index in [1.807, 2.05) is 61.5 Å². The predicted molar refractivity (Wildman–Crippen MR) is 94.2 cm³/mol. The van der Waals surface area contributed by atoms with E-state index in [0.29, 0.717) is 5.11 Å². The molecule has 0 aromatic heterocycles. The molecule has 2 aromatic rings. The van der Waals surface area contributed by atoms with E-state index in [9.17, 15) is 4.79 Å². The summed E-state index contributed by atoms with van der Waals surface area (Å²) in [6, 6.07) is 17.4. The van der Waals surface area contributed by atoms with Crippen LogP contribution in [0.25, 0.3) is 6.08 Å². The fourth-order valence-electron chi connectivity index (χ4n) is 1.70. The molecule has 112 valence electrons. The van der Waals surface area contributed by atoms with Crippen molar-refractivity contribution >= 4 is 35.0 Å². The Kier molecular flexibility index (Phi) is 5.68. The maximum absolute atomic E-state index is 11.7. The maximum atomic E-state index is 11.7.